The topological polar surface area (TPSA) is 57.0 Å². The Balaban J connectivity index is 0. The van der Waals surface area contributed by atoms with Gasteiger partial charge in [0, 0.05) is 0 Å². The number of hydrogen-bond acceptors (Lipinski definition) is 0. The molecule has 4 heavy (non-hydrogen) atoms. The van der Waals surface area contributed by atoms with E-state index < -0.39 is 0 Å². The van der Waals surface area contributed by atoms with E-state index in [-0.39, 0.29) is 88.6 Å². The largest absolute Gasteiger partial charge is 3.00 e. The minimum absolute atomic E-state index is 0. The fourth-order valence-corrected chi connectivity index (χ4v) is 0. The third kappa shape index (κ3) is 8.84. The maximum Gasteiger partial charge on any atom is 3.00 e. The summed E-state index contributed by atoms with van der Waals surface area (Å²) in [5, 5.41) is 0. The molecule has 0 amide bonds. The van der Waals surface area contributed by atoms with Gasteiger partial charge in [0.25, 0.3) is 0 Å². The van der Waals surface area contributed by atoms with Gasteiger partial charge in [-0.3, -0.25) is 0 Å². The van der Waals surface area contributed by atoms with E-state index in [1.165, 1.54) is 0 Å². The predicted octanol–water partition coefficient (Wildman–Crippen LogP) is -3.24. The van der Waals surface area contributed by atoms with Crippen LogP contribution in [0.25, 0.3) is 0 Å². The first-order chi connectivity index (χ1) is 0. The first-order valence-electron chi connectivity index (χ1n) is 0. The van der Waals surface area contributed by atoms with Gasteiger partial charge in [0.1, 0.15) is 0 Å². The Morgan fingerprint density at radius 2 is 0.750 bits per heavy atom. The van der Waals surface area contributed by atoms with E-state index in [0.717, 1.165) is 0 Å². The van der Waals surface area contributed by atoms with Crippen LogP contribution in [0.3, 0.4) is 0 Å². The molecular formula is O2RbRh. The zero-order valence-corrected chi connectivity index (χ0v) is 8.70. The normalized spacial score (nSPS) is 0. The molecule has 22 valence electrons. The summed E-state index contributed by atoms with van der Waals surface area (Å²) in [4.78, 5) is 0. The summed E-state index contributed by atoms with van der Waals surface area (Å²) >= 11 is 0. The van der Waals surface area contributed by atoms with Gasteiger partial charge in [0.2, 0.25) is 0 Å². The fraction of sp³-hybridized carbons (Fsp3) is 0. The Hall–Kier alpha value is 2.35. The molecule has 0 atom stereocenters. The van der Waals surface area contributed by atoms with Crippen LogP contribution in [0.5, 0.6) is 0 Å². The monoisotopic (exact) mass is 220 g/mol. The van der Waals surface area contributed by atoms with Gasteiger partial charge in [-0.05, 0) is 0 Å². The molecule has 0 spiro atoms. The van der Waals surface area contributed by atoms with Crippen LogP contribution in [-0.4, -0.2) is 0 Å². The molecule has 0 saturated heterocycles. The number of hydrogen-bond donors (Lipinski definition) is 0. The van der Waals surface area contributed by atoms with Gasteiger partial charge in [-0.2, -0.15) is 0 Å². The van der Waals surface area contributed by atoms with Crippen LogP contribution in [0.2, 0.25) is 0 Å². The average molecular weight is 220 g/mol. The Morgan fingerprint density at radius 1 is 0.750 bits per heavy atom. The smallest absolute Gasteiger partial charge is 2.00 e. The van der Waals surface area contributed by atoms with Crippen molar-refractivity contribution in [2.24, 2.45) is 0 Å². The van der Waals surface area contributed by atoms with Gasteiger partial charge in [0.05, 0.1) is 0 Å². The summed E-state index contributed by atoms with van der Waals surface area (Å²) < 4.78 is 0. The Morgan fingerprint density at radius 3 is 0.750 bits per heavy atom. The van der Waals surface area contributed by atoms with Crippen LogP contribution < -0.4 is 58.2 Å². The zero-order chi connectivity index (χ0) is 0. The van der Waals surface area contributed by atoms with E-state index in [4.69, 9.17) is 0 Å². The minimum atomic E-state index is 0. The first-order valence-corrected chi connectivity index (χ1v) is 0. The second-order valence-electron chi connectivity index (χ2n) is 0. The van der Waals surface area contributed by atoms with Crippen molar-refractivity contribution < 1.29 is 88.6 Å². The molecule has 0 rings (SSSR count). The molecular weight excluding hydrogens is 220 g/mol. The molecule has 0 unspecified atom stereocenters. The maximum atomic E-state index is 0. The SMILES string of the molecule is [O-2].[O-2].[Rb+].[Rh+3]. The molecule has 0 bridgehead atoms. The molecule has 0 aliphatic rings. The summed E-state index contributed by atoms with van der Waals surface area (Å²) in [6.45, 7) is 0. The molecule has 2 nitrogen and oxygen atoms in total. The predicted molar refractivity (Wildman–Crippen MR) is 1.37 cm³/mol. The Bertz CT molecular complexity index is 6.00. The standard InChI is InChI=1S/2O.Rb.Rh/q2*-2;+1;+3. The van der Waals surface area contributed by atoms with E-state index in [1.54, 1.807) is 0 Å². The Labute approximate surface area is 86.5 Å². The van der Waals surface area contributed by atoms with Crippen LogP contribution in [0.4, 0.5) is 0 Å². The van der Waals surface area contributed by atoms with Crippen LogP contribution in [0.15, 0.2) is 0 Å². The van der Waals surface area contributed by atoms with Crippen molar-refractivity contribution in [3.8, 4) is 0 Å². The van der Waals surface area contributed by atoms with Crippen molar-refractivity contribution >= 4 is 0 Å². The third-order valence-corrected chi connectivity index (χ3v) is 0. The van der Waals surface area contributed by atoms with E-state index in [2.05, 4.69) is 0 Å². The van der Waals surface area contributed by atoms with E-state index >= 15 is 0 Å². The van der Waals surface area contributed by atoms with Crippen molar-refractivity contribution in [3.05, 3.63) is 0 Å². The molecule has 0 heterocycles. The van der Waals surface area contributed by atoms with Crippen molar-refractivity contribution in [1.82, 2.24) is 0 Å². The summed E-state index contributed by atoms with van der Waals surface area (Å²) in [5.74, 6) is 0. The molecule has 0 aromatic rings. The number of rotatable bonds is 0. The molecule has 0 N–H and O–H groups in total. The zero-order valence-electron chi connectivity index (χ0n) is 2.15. The van der Waals surface area contributed by atoms with E-state index in [9.17, 15) is 0 Å². The van der Waals surface area contributed by atoms with Gasteiger partial charge < -0.3 is 11.0 Å². The minimum Gasteiger partial charge on any atom is -2.00 e. The van der Waals surface area contributed by atoms with Crippen LogP contribution in [0, 0.1) is 0 Å². The van der Waals surface area contributed by atoms with Crippen molar-refractivity contribution in [2.75, 3.05) is 0 Å². The fourth-order valence-electron chi connectivity index (χ4n) is 0. The van der Waals surface area contributed by atoms with Gasteiger partial charge in [-0.1, -0.05) is 0 Å². The van der Waals surface area contributed by atoms with Gasteiger partial charge >= 0.3 is 77.7 Å². The van der Waals surface area contributed by atoms with Crippen molar-refractivity contribution in [3.63, 3.8) is 0 Å². The van der Waals surface area contributed by atoms with Gasteiger partial charge in [0.15, 0.2) is 0 Å². The Kier molecular flexibility index (Phi) is 151. The molecule has 0 aromatic heterocycles. The van der Waals surface area contributed by atoms with Gasteiger partial charge in [-0.15, -0.1) is 0 Å². The molecule has 0 aliphatic heterocycles. The quantitative estimate of drug-likeness (QED) is 0.385. The van der Waals surface area contributed by atoms with Crippen LogP contribution >= 0.6 is 0 Å². The molecule has 0 saturated carbocycles. The van der Waals surface area contributed by atoms with Crippen molar-refractivity contribution in [2.45, 2.75) is 0 Å². The molecule has 0 radical (unpaired) electrons. The maximum absolute atomic E-state index is 0. The molecule has 0 aromatic carbocycles. The van der Waals surface area contributed by atoms with E-state index in [1.807, 2.05) is 0 Å². The van der Waals surface area contributed by atoms with Gasteiger partial charge in [-0.25, -0.2) is 0 Å². The molecule has 0 fully saturated rings. The van der Waals surface area contributed by atoms with Crippen LogP contribution in [0.1, 0.15) is 0 Å². The van der Waals surface area contributed by atoms with Crippen LogP contribution in [-0.2, 0) is 30.4 Å². The molecule has 0 aliphatic carbocycles. The summed E-state index contributed by atoms with van der Waals surface area (Å²) in [5.41, 5.74) is 0. The average Bonchev–Trinajstić information content (AvgIpc) is 0. The summed E-state index contributed by atoms with van der Waals surface area (Å²) in [7, 11) is 0. The van der Waals surface area contributed by atoms with E-state index in [0.29, 0.717) is 0 Å². The third-order valence-electron chi connectivity index (χ3n) is 0. The second-order valence-corrected chi connectivity index (χ2v) is 0. The second kappa shape index (κ2) is 18.3. The van der Waals surface area contributed by atoms with Crippen molar-refractivity contribution in [1.29, 1.82) is 0 Å². The molecule has 4 heteroatoms. The summed E-state index contributed by atoms with van der Waals surface area (Å²) in [6, 6.07) is 0. The first kappa shape index (κ1) is 32.9. The summed E-state index contributed by atoms with van der Waals surface area (Å²) in [6.07, 6.45) is 0.